The van der Waals surface area contributed by atoms with Gasteiger partial charge in [-0.3, -0.25) is 4.90 Å². The second-order valence-electron chi connectivity index (χ2n) is 4.82. The highest BCUT2D eigenvalue weighted by Crippen LogP contribution is 2.27. The van der Waals surface area contributed by atoms with Crippen LogP contribution in [-0.2, 0) is 6.54 Å². The van der Waals surface area contributed by atoms with E-state index in [0.29, 0.717) is 0 Å². The zero-order valence-electron chi connectivity index (χ0n) is 10.7. The Hall–Kier alpha value is -0.250. The summed E-state index contributed by atoms with van der Waals surface area (Å²) < 4.78 is 5.39. The van der Waals surface area contributed by atoms with Gasteiger partial charge in [0.1, 0.15) is 5.75 Å². The molecule has 0 radical (unpaired) electrons. The fourth-order valence-corrected chi connectivity index (χ4v) is 3.40. The van der Waals surface area contributed by atoms with E-state index in [1.807, 2.05) is 18.2 Å². The first-order valence-electron chi connectivity index (χ1n) is 6.33. The Bertz CT molecular complexity index is 399. The third kappa shape index (κ3) is 3.62. The molecule has 0 saturated carbocycles. The molecule has 100 valence electrons. The topological polar surface area (TPSA) is 12.5 Å². The normalized spacial score (nSPS) is 20.3. The molecule has 1 aromatic rings. The Balaban J connectivity index is 1.99. The highest BCUT2D eigenvalue weighted by atomic mass is 79.9. The zero-order valence-corrected chi connectivity index (χ0v) is 13.0. The lowest BCUT2D eigenvalue weighted by Gasteiger charge is -2.18. The maximum absolute atomic E-state index is 6.06. The van der Waals surface area contributed by atoms with E-state index in [1.54, 1.807) is 7.11 Å². The van der Waals surface area contributed by atoms with E-state index in [1.165, 1.54) is 31.5 Å². The summed E-state index contributed by atoms with van der Waals surface area (Å²) in [5.41, 5.74) is 1.18. The van der Waals surface area contributed by atoms with Gasteiger partial charge in [0.25, 0.3) is 0 Å². The number of nitrogens with zero attached hydrogens (tertiary/aromatic N) is 1. The molecule has 1 saturated heterocycles. The quantitative estimate of drug-likeness (QED) is 0.757. The number of hydrogen-bond donors (Lipinski definition) is 0. The second kappa shape index (κ2) is 6.78. The van der Waals surface area contributed by atoms with Crippen molar-refractivity contribution in [1.29, 1.82) is 0 Å². The van der Waals surface area contributed by atoms with E-state index in [9.17, 15) is 0 Å². The Morgan fingerprint density at radius 3 is 3.06 bits per heavy atom. The minimum absolute atomic E-state index is 0.780. The minimum atomic E-state index is 0.780. The molecule has 1 aliphatic heterocycles. The number of methoxy groups -OCH3 is 1. The molecule has 0 spiro atoms. The first-order chi connectivity index (χ1) is 8.72. The summed E-state index contributed by atoms with van der Waals surface area (Å²) in [5, 5.41) is 1.88. The molecule has 1 fully saturated rings. The first-order valence-corrected chi connectivity index (χ1v) is 7.83. The Labute approximate surface area is 122 Å². The van der Waals surface area contributed by atoms with E-state index in [2.05, 4.69) is 20.8 Å². The molecular formula is C14H19BrClNO. The maximum atomic E-state index is 6.06. The number of ether oxygens (including phenoxy) is 1. The fourth-order valence-electron chi connectivity index (χ4n) is 2.56. The summed E-state index contributed by atoms with van der Waals surface area (Å²) in [6, 6.07) is 5.84. The maximum Gasteiger partial charge on any atom is 0.123 e. The molecule has 0 bridgehead atoms. The van der Waals surface area contributed by atoms with Gasteiger partial charge in [-0.1, -0.05) is 27.5 Å². The van der Waals surface area contributed by atoms with Crippen molar-refractivity contribution in [2.75, 3.05) is 25.5 Å². The van der Waals surface area contributed by atoms with Gasteiger partial charge in [-0.2, -0.15) is 0 Å². The third-order valence-corrected chi connectivity index (χ3v) is 4.22. The molecule has 2 nitrogen and oxygen atoms in total. The first kappa shape index (κ1) is 14.2. The number of halogens is 2. The van der Waals surface area contributed by atoms with Gasteiger partial charge in [0, 0.05) is 29.0 Å². The minimum Gasteiger partial charge on any atom is -0.496 e. The van der Waals surface area contributed by atoms with Crippen LogP contribution < -0.4 is 4.74 Å². The summed E-state index contributed by atoms with van der Waals surface area (Å²) in [6.45, 7) is 3.29. The molecule has 0 amide bonds. The van der Waals surface area contributed by atoms with Gasteiger partial charge in [-0.05, 0) is 43.5 Å². The van der Waals surface area contributed by atoms with Gasteiger partial charge in [0.05, 0.1) is 7.11 Å². The molecule has 18 heavy (non-hydrogen) atoms. The summed E-state index contributed by atoms with van der Waals surface area (Å²) in [6.07, 6.45) is 2.57. The average molecular weight is 333 g/mol. The summed E-state index contributed by atoms with van der Waals surface area (Å²) in [4.78, 5) is 2.49. The van der Waals surface area contributed by atoms with E-state index in [4.69, 9.17) is 16.3 Å². The standard InChI is InChI=1S/C14H19BrClNO/c1-18-14-3-2-13(16)8-12(14)10-17-7-5-11(9-17)4-6-15/h2-3,8,11H,4-7,9-10H2,1H3. The van der Waals surface area contributed by atoms with Gasteiger partial charge in [0.2, 0.25) is 0 Å². The number of benzene rings is 1. The van der Waals surface area contributed by atoms with Crippen LogP contribution in [0.2, 0.25) is 5.02 Å². The van der Waals surface area contributed by atoms with Crippen LogP contribution in [0.15, 0.2) is 18.2 Å². The molecule has 0 N–H and O–H groups in total. The van der Waals surface area contributed by atoms with E-state index in [0.717, 1.165) is 28.6 Å². The molecule has 2 rings (SSSR count). The molecular weight excluding hydrogens is 314 g/mol. The lowest BCUT2D eigenvalue weighted by atomic mass is 10.1. The van der Waals surface area contributed by atoms with Gasteiger partial charge in [-0.25, -0.2) is 0 Å². The van der Waals surface area contributed by atoms with Crippen molar-refractivity contribution >= 4 is 27.5 Å². The average Bonchev–Trinajstić information content (AvgIpc) is 2.77. The van der Waals surface area contributed by atoms with Crippen molar-refractivity contribution in [3.05, 3.63) is 28.8 Å². The highest BCUT2D eigenvalue weighted by Gasteiger charge is 2.22. The Morgan fingerprint density at radius 1 is 1.50 bits per heavy atom. The van der Waals surface area contributed by atoms with Crippen molar-refractivity contribution in [2.24, 2.45) is 5.92 Å². The SMILES string of the molecule is COc1ccc(Cl)cc1CN1CCC(CCBr)C1. The summed E-state index contributed by atoms with van der Waals surface area (Å²) in [7, 11) is 1.71. The zero-order chi connectivity index (χ0) is 13.0. The highest BCUT2D eigenvalue weighted by molar-refractivity contribution is 9.09. The van der Waals surface area contributed by atoms with Crippen LogP contribution in [0.4, 0.5) is 0 Å². The molecule has 0 aromatic heterocycles. The summed E-state index contributed by atoms with van der Waals surface area (Å²) in [5.74, 6) is 1.76. The monoisotopic (exact) mass is 331 g/mol. The van der Waals surface area contributed by atoms with Crippen LogP contribution in [0.1, 0.15) is 18.4 Å². The Kier molecular flexibility index (Phi) is 5.34. The van der Waals surface area contributed by atoms with Crippen LogP contribution in [0, 0.1) is 5.92 Å². The van der Waals surface area contributed by atoms with Crippen LogP contribution in [0.3, 0.4) is 0 Å². The smallest absolute Gasteiger partial charge is 0.123 e. The lowest BCUT2D eigenvalue weighted by Crippen LogP contribution is -2.20. The van der Waals surface area contributed by atoms with Gasteiger partial charge >= 0.3 is 0 Å². The summed E-state index contributed by atoms with van der Waals surface area (Å²) >= 11 is 9.58. The van der Waals surface area contributed by atoms with E-state index < -0.39 is 0 Å². The van der Waals surface area contributed by atoms with Crippen LogP contribution in [0.25, 0.3) is 0 Å². The van der Waals surface area contributed by atoms with E-state index >= 15 is 0 Å². The predicted molar refractivity (Wildman–Crippen MR) is 79.8 cm³/mol. The van der Waals surface area contributed by atoms with Crippen molar-refractivity contribution in [1.82, 2.24) is 4.90 Å². The molecule has 0 aliphatic carbocycles. The number of rotatable bonds is 5. The van der Waals surface area contributed by atoms with Gasteiger partial charge in [-0.15, -0.1) is 0 Å². The molecule has 1 atom stereocenters. The van der Waals surface area contributed by atoms with Crippen molar-refractivity contribution in [2.45, 2.75) is 19.4 Å². The molecule has 1 unspecified atom stereocenters. The van der Waals surface area contributed by atoms with Crippen molar-refractivity contribution in [3.63, 3.8) is 0 Å². The molecule has 1 heterocycles. The van der Waals surface area contributed by atoms with Gasteiger partial charge in [0.15, 0.2) is 0 Å². The van der Waals surface area contributed by atoms with Crippen LogP contribution >= 0.6 is 27.5 Å². The van der Waals surface area contributed by atoms with Crippen molar-refractivity contribution < 1.29 is 4.74 Å². The third-order valence-electron chi connectivity index (χ3n) is 3.52. The van der Waals surface area contributed by atoms with Crippen LogP contribution in [-0.4, -0.2) is 30.4 Å². The molecule has 4 heteroatoms. The number of likely N-dealkylation sites (tertiary alicyclic amines) is 1. The van der Waals surface area contributed by atoms with E-state index in [-0.39, 0.29) is 0 Å². The largest absolute Gasteiger partial charge is 0.496 e. The molecule has 1 aliphatic rings. The van der Waals surface area contributed by atoms with Crippen molar-refractivity contribution in [3.8, 4) is 5.75 Å². The number of alkyl halides is 1. The number of hydrogen-bond acceptors (Lipinski definition) is 2. The van der Waals surface area contributed by atoms with Gasteiger partial charge < -0.3 is 4.74 Å². The van der Waals surface area contributed by atoms with Crippen LogP contribution in [0.5, 0.6) is 5.75 Å². The second-order valence-corrected chi connectivity index (χ2v) is 6.05. The lowest BCUT2D eigenvalue weighted by molar-refractivity contribution is 0.307. The predicted octanol–water partition coefficient (Wildman–Crippen LogP) is 3.96. The fraction of sp³-hybridized carbons (Fsp3) is 0.571. The molecule has 1 aromatic carbocycles. The Morgan fingerprint density at radius 2 is 2.33 bits per heavy atom.